The van der Waals surface area contributed by atoms with Gasteiger partial charge in [-0.3, -0.25) is 14.6 Å². The highest BCUT2D eigenvalue weighted by Gasteiger charge is 1.97. The van der Waals surface area contributed by atoms with Gasteiger partial charge in [0.25, 0.3) is 6.47 Å². The topological polar surface area (TPSA) is 93.3 Å². The van der Waals surface area contributed by atoms with Gasteiger partial charge in [0.2, 0.25) is 5.91 Å². The van der Waals surface area contributed by atoms with E-state index in [0.29, 0.717) is 5.56 Å². The molecule has 5 heteroatoms. The maximum absolute atomic E-state index is 10.5. The zero-order chi connectivity index (χ0) is 10.3. The van der Waals surface area contributed by atoms with Gasteiger partial charge in [-0.25, -0.2) is 0 Å². The van der Waals surface area contributed by atoms with Crippen molar-refractivity contribution >= 4 is 12.4 Å². The highest BCUT2D eigenvalue weighted by atomic mass is 16.3. The number of carbonyl (C=O) groups is 2. The zero-order valence-electron chi connectivity index (χ0n) is 7.10. The number of nitrogens with two attached hydrogens (primary N) is 1. The van der Waals surface area contributed by atoms with Crippen LogP contribution in [0.15, 0.2) is 18.3 Å². The molecule has 1 amide bonds. The monoisotopic (exact) mass is 182 g/mol. The van der Waals surface area contributed by atoms with Crippen LogP contribution in [0.1, 0.15) is 16.1 Å². The fourth-order valence-corrected chi connectivity index (χ4v) is 0.699. The summed E-state index contributed by atoms with van der Waals surface area (Å²) in [5, 5.41) is 6.89. The average molecular weight is 182 g/mol. The molecule has 5 nitrogen and oxygen atoms in total. The Balaban J connectivity index is 0.000000424. The predicted molar refractivity (Wildman–Crippen MR) is 46.2 cm³/mol. The van der Waals surface area contributed by atoms with Crippen molar-refractivity contribution in [2.24, 2.45) is 5.73 Å². The standard InChI is InChI=1S/C7H8N2O.CH2O2/c1-5-4-6(7(8)10)2-3-9-5;2-1-3/h2-4H,1H3,(H2,8,10);1H,(H,2,3). The quantitative estimate of drug-likeness (QED) is 0.606. The molecular formula is C8H10N2O3. The highest BCUT2D eigenvalue weighted by Crippen LogP contribution is 1.97. The van der Waals surface area contributed by atoms with Gasteiger partial charge in [0.1, 0.15) is 0 Å². The molecule has 3 N–H and O–H groups in total. The molecule has 0 saturated heterocycles. The van der Waals surface area contributed by atoms with Crippen LogP contribution in [-0.2, 0) is 4.79 Å². The van der Waals surface area contributed by atoms with Gasteiger partial charge in [0, 0.05) is 17.5 Å². The summed E-state index contributed by atoms with van der Waals surface area (Å²) in [7, 11) is 0. The van der Waals surface area contributed by atoms with Crippen LogP contribution in [0, 0.1) is 6.92 Å². The molecule has 1 heterocycles. The molecule has 0 spiro atoms. The van der Waals surface area contributed by atoms with Gasteiger partial charge in [-0.15, -0.1) is 0 Å². The number of hydrogen-bond acceptors (Lipinski definition) is 3. The van der Waals surface area contributed by atoms with E-state index >= 15 is 0 Å². The van der Waals surface area contributed by atoms with Crippen molar-refractivity contribution in [2.45, 2.75) is 6.92 Å². The van der Waals surface area contributed by atoms with Crippen LogP contribution in [0.4, 0.5) is 0 Å². The van der Waals surface area contributed by atoms with Crippen molar-refractivity contribution in [3.05, 3.63) is 29.6 Å². The number of primary amides is 1. The van der Waals surface area contributed by atoms with Crippen molar-refractivity contribution < 1.29 is 14.7 Å². The zero-order valence-corrected chi connectivity index (χ0v) is 7.10. The lowest BCUT2D eigenvalue weighted by molar-refractivity contribution is -0.122. The first-order chi connectivity index (χ1) is 6.11. The van der Waals surface area contributed by atoms with Crippen molar-refractivity contribution in [1.82, 2.24) is 4.98 Å². The van der Waals surface area contributed by atoms with Crippen molar-refractivity contribution in [3.63, 3.8) is 0 Å². The van der Waals surface area contributed by atoms with Gasteiger partial charge in [-0.05, 0) is 19.1 Å². The third-order valence-corrected chi connectivity index (χ3v) is 1.18. The van der Waals surface area contributed by atoms with E-state index in [9.17, 15) is 4.79 Å². The Hall–Kier alpha value is -1.91. The number of rotatable bonds is 1. The van der Waals surface area contributed by atoms with Crippen molar-refractivity contribution in [1.29, 1.82) is 0 Å². The largest absolute Gasteiger partial charge is 0.483 e. The highest BCUT2D eigenvalue weighted by molar-refractivity contribution is 5.92. The van der Waals surface area contributed by atoms with Crippen molar-refractivity contribution in [2.75, 3.05) is 0 Å². The van der Waals surface area contributed by atoms with E-state index in [0.717, 1.165) is 5.69 Å². The molecule has 1 aromatic heterocycles. The van der Waals surface area contributed by atoms with Gasteiger partial charge in [-0.2, -0.15) is 0 Å². The summed E-state index contributed by atoms with van der Waals surface area (Å²) in [6.45, 7) is 1.56. The van der Waals surface area contributed by atoms with Crippen LogP contribution in [0.25, 0.3) is 0 Å². The van der Waals surface area contributed by atoms with Crippen molar-refractivity contribution in [3.8, 4) is 0 Å². The van der Waals surface area contributed by atoms with E-state index in [1.165, 1.54) is 0 Å². The van der Waals surface area contributed by atoms with Gasteiger partial charge in [0.05, 0.1) is 0 Å². The van der Waals surface area contributed by atoms with Gasteiger partial charge in [-0.1, -0.05) is 0 Å². The van der Waals surface area contributed by atoms with Crippen LogP contribution < -0.4 is 5.73 Å². The van der Waals surface area contributed by atoms with E-state index in [2.05, 4.69) is 4.98 Å². The molecule has 0 radical (unpaired) electrons. The Morgan fingerprint density at radius 3 is 2.54 bits per heavy atom. The molecule has 13 heavy (non-hydrogen) atoms. The average Bonchev–Trinajstić information content (AvgIpc) is 2.05. The molecule has 0 aliphatic carbocycles. The molecule has 0 aliphatic rings. The number of amides is 1. The number of hydrogen-bond donors (Lipinski definition) is 2. The van der Waals surface area contributed by atoms with E-state index in [1.54, 1.807) is 18.3 Å². The molecule has 0 bridgehead atoms. The first-order valence-corrected chi connectivity index (χ1v) is 3.42. The minimum atomic E-state index is -0.412. The normalized spacial score (nSPS) is 8.08. The summed E-state index contributed by atoms with van der Waals surface area (Å²) >= 11 is 0. The first-order valence-electron chi connectivity index (χ1n) is 3.42. The lowest BCUT2D eigenvalue weighted by Gasteiger charge is -1.93. The summed E-state index contributed by atoms with van der Waals surface area (Å²) < 4.78 is 0. The van der Waals surface area contributed by atoms with Crippen LogP contribution in [0.5, 0.6) is 0 Å². The number of aryl methyl sites for hydroxylation is 1. The molecule has 0 unspecified atom stereocenters. The number of aromatic nitrogens is 1. The van der Waals surface area contributed by atoms with Gasteiger partial charge in [0.15, 0.2) is 0 Å². The molecule has 0 fully saturated rings. The Morgan fingerprint density at radius 1 is 1.69 bits per heavy atom. The van der Waals surface area contributed by atoms with Crippen LogP contribution in [0.3, 0.4) is 0 Å². The molecule has 0 atom stereocenters. The lowest BCUT2D eigenvalue weighted by Crippen LogP contribution is -2.10. The molecule has 0 aliphatic heterocycles. The number of carbonyl (C=O) groups excluding carboxylic acids is 1. The fourth-order valence-electron chi connectivity index (χ4n) is 0.699. The maximum Gasteiger partial charge on any atom is 0.290 e. The number of nitrogens with zero attached hydrogens (tertiary/aromatic N) is 1. The second-order valence-corrected chi connectivity index (χ2v) is 2.16. The summed E-state index contributed by atoms with van der Waals surface area (Å²) in [5.74, 6) is -0.412. The molecule has 1 rings (SSSR count). The minimum Gasteiger partial charge on any atom is -0.483 e. The Bertz CT molecular complexity index is 299. The van der Waals surface area contributed by atoms with E-state index in [1.807, 2.05) is 6.92 Å². The molecule has 70 valence electrons. The number of pyridine rings is 1. The van der Waals surface area contributed by atoms with Gasteiger partial charge >= 0.3 is 0 Å². The van der Waals surface area contributed by atoms with E-state index in [4.69, 9.17) is 15.6 Å². The van der Waals surface area contributed by atoms with Crippen LogP contribution >= 0.6 is 0 Å². The van der Waals surface area contributed by atoms with E-state index < -0.39 is 5.91 Å². The Kier molecular flexibility index (Phi) is 4.87. The SMILES string of the molecule is Cc1cc(C(N)=O)ccn1.O=CO. The van der Waals surface area contributed by atoms with Crippen LogP contribution in [-0.4, -0.2) is 22.5 Å². The summed E-state index contributed by atoms with van der Waals surface area (Å²) in [4.78, 5) is 22.8. The minimum absolute atomic E-state index is 0.250. The molecule has 0 saturated carbocycles. The Labute approximate surface area is 75.2 Å². The Morgan fingerprint density at radius 2 is 2.23 bits per heavy atom. The molecule has 1 aromatic rings. The second kappa shape index (κ2) is 5.70. The van der Waals surface area contributed by atoms with Crippen LogP contribution in [0.2, 0.25) is 0 Å². The lowest BCUT2D eigenvalue weighted by atomic mass is 10.2. The summed E-state index contributed by atoms with van der Waals surface area (Å²) in [6, 6.07) is 3.25. The maximum atomic E-state index is 10.5. The summed E-state index contributed by atoms with van der Waals surface area (Å²) in [5.41, 5.74) is 6.32. The van der Waals surface area contributed by atoms with Gasteiger partial charge < -0.3 is 10.8 Å². The number of carboxylic acid groups (broad SMARTS) is 1. The summed E-state index contributed by atoms with van der Waals surface area (Å²) in [6.07, 6.45) is 1.56. The smallest absolute Gasteiger partial charge is 0.290 e. The third-order valence-electron chi connectivity index (χ3n) is 1.18. The third kappa shape index (κ3) is 4.52. The predicted octanol–water partition coefficient (Wildman–Crippen LogP) is 0.190. The van der Waals surface area contributed by atoms with E-state index in [-0.39, 0.29) is 6.47 Å². The second-order valence-electron chi connectivity index (χ2n) is 2.16. The molecule has 0 aromatic carbocycles. The fraction of sp³-hybridized carbons (Fsp3) is 0.125. The first kappa shape index (κ1) is 11.1. The molecular weight excluding hydrogens is 172 g/mol.